The van der Waals surface area contributed by atoms with Crippen LogP contribution in [0, 0.1) is 25.6 Å². The van der Waals surface area contributed by atoms with Crippen molar-refractivity contribution < 1.29 is 14.3 Å². The molecule has 0 radical (unpaired) electrons. The van der Waals surface area contributed by atoms with Crippen LogP contribution in [0.15, 0.2) is 42.5 Å². The Balaban J connectivity index is 1.57. The molecule has 1 saturated carbocycles. The van der Waals surface area contributed by atoms with Crippen molar-refractivity contribution in [1.82, 2.24) is 4.90 Å². The maximum atomic E-state index is 13.6. The van der Waals surface area contributed by atoms with Crippen molar-refractivity contribution in [3.05, 3.63) is 65.0 Å². The summed E-state index contributed by atoms with van der Waals surface area (Å²) in [4.78, 5) is 15.1. The van der Waals surface area contributed by atoms with Crippen molar-refractivity contribution in [2.75, 3.05) is 18.4 Å². The lowest BCUT2D eigenvalue weighted by atomic mass is 9.66. The quantitative estimate of drug-likeness (QED) is 0.765. The molecule has 160 valence electrons. The van der Waals surface area contributed by atoms with Gasteiger partial charge >= 0.3 is 0 Å². The van der Waals surface area contributed by atoms with Crippen LogP contribution in [0.1, 0.15) is 54.8 Å². The number of nitrogens with one attached hydrogen (secondary N) is 1. The lowest BCUT2D eigenvalue weighted by molar-refractivity contribution is -0.135. The van der Waals surface area contributed by atoms with Crippen molar-refractivity contribution in [2.45, 2.75) is 57.6 Å². The SMILES string of the molecule is Cc1ccc(NC(=O)CN2CC[C@@]3(O)CCCC[C@@H]3[C@@H]2c2ccc(F)cc2)c(C)c1. The second-order valence-electron chi connectivity index (χ2n) is 9.04. The van der Waals surface area contributed by atoms with Crippen LogP contribution in [-0.4, -0.2) is 34.6 Å². The fraction of sp³-hybridized carbons (Fsp3) is 0.480. The van der Waals surface area contributed by atoms with Gasteiger partial charge in [0, 0.05) is 24.2 Å². The summed E-state index contributed by atoms with van der Waals surface area (Å²) in [7, 11) is 0. The Bertz CT molecular complexity index is 914. The molecule has 0 bridgehead atoms. The average molecular weight is 411 g/mol. The van der Waals surface area contributed by atoms with Crippen LogP contribution < -0.4 is 5.32 Å². The summed E-state index contributed by atoms with van der Waals surface area (Å²) in [5.74, 6) is -0.276. The lowest BCUT2D eigenvalue weighted by Gasteiger charge is -2.52. The number of carbonyl (C=O) groups excluding carboxylic acids is 1. The van der Waals surface area contributed by atoms with E-state index in [0.29, 0.717) is 13.0 Å². The number of hydrogen-bond donors (Lipinski definition) is 2. The van der Waals surface area contributed by atoms with Crippen LogP contribution in [-0.2, 0) is 4.79 Å². The third kappa shape index (κ3) is 4.28. The molecule has 1 aliphatic carbocycles. The second kappa shape index (κ2) is 8.48. The van der Waals surface area contributed by atoms with E-state index in [1.165, 1.54) is 12.1 Å². The molecule has 3 atom stereocenters. The van der Waals surface area contributed by atoms with Crippen molar-refractivity contribution in [2.24, 2.45) is 5.92 Å². The van der Waals surface area contributed by atoms with Gasteiger partial charge in [-0.3, -0.25) is 9.69 Å². The molecule has 4 nitrogen and oxygen atoms in total. The maximum Gasteiger partial charge on any atom is 0.238 e. The van der Waals surface area contributed by atoms with Gasteiger partial charge < -0.3 is 10.4 Å². The topological polar surface area (TPSA) is 52.6 Å². The number of likely N-dealkylation sites (tertiary alicyclic amines) is 1. The number of fused-ring (bicyclic) bond motifs is 1. The Morgan fingerprint density at radius 1 is 1.17 bits per heavy atom. The number of halogens is 1. The zero-order valence-electron chi connectivity index (χ0n) is 17.8. The Hall–Kier alpha value is -2.24. The molecule has 2 N–H and O–H groups in total. The predicted molar refractivity (Wildman–Crippen MR) is 117 cm³/mol. The fourth-order valence-electron chi connectivity index (χ4n) is 5.35. The first-order valence-electron chi connectivity index (χ1n) is 10.9. The van der Waals surface area contributed by atoms with Gasteiger partial charge in [-0.25, -0.2) is 4.39 Å². The molecule has 2 aromatic rings. The van der Waals surface area contributed by atoms with Gasteiger partial charge in [-0.15, -0.1) is 0 Å². The minimum Gasteiger partial charge on any atom is -0.389 e. The first-order valence-corrected chi connectivity index (χ1v) is 10.9. The number of anilines is 1. The smallest absolute Gasteiger partial charge is 0.238 e. The van der Waals surface area contributed by atoms with Crippen molar-refractivity contribution in [1.29, 1.82) is 0 Å². The molecule has 2 fully saturated rings. The highest BCUT2D eigenvalue weighted by Gasteiger charge is 2.49. The minimum absolute atomic E-state index is 0.0550. The van der Waals surface area contributed by atoms with Gasteiger partial charge in [0.15, 0.2) is 0 Å². The van der Waals surface area contributed by atoms with E-state index >= 15 is 0 Å². The summed E-state index contributed by atoms with van der Waals surface area (Å²) < 4.78 is 13.6. The molecular weight excluding hydrogens is 379 g/mol. The number of rotatable bonds is 4. The van der Waals surface area contributed by atoms with Gasteiger partial charge in [-0.05, 0) is 62.4 Å². The molecular formula is C25H31FN2O2. The van der Waals surface area contributed by atoms with E-state index in [1.807, 2.05) is 26.0 Å². The van der Waals surface area contributed by atoms with Crippen molar-refractivity contribution >= 4 is 11.6 Å². The molecule has 0 spiro atoms. The number of piperidine rings is 1. The zero-order valence-corrected chi connectivity index (χ0v) is 17.8. The standard InChI is InChI=1S/C25H31FN2O2/c1-17-6-11-22(18(2)15-17)27-23(29)16-28-14-13-25(30)12-4-3-5-21(25)24(28)19-7-9-20(26)10-8-19/h6-11,15,21,24,30H,3-5,12-14,16H2,1-2H3,(H,27,29)/t21-,24+,25+/m1/s1. The summed E-state index contributed by atoms with van der Waals surface area (Å²) in [6, 6.07) is 12.4. The third-order valence-electron chi connectivity index (χ3n) is 6.89. The Morgan fingerprint density at radius 2 is 1.93 bits per heavy atom. The van der Waals surface area contributed by atoms with Gasteiger partial charge in [0.25, 0.3) is 0 Å². The van der Waals surface area contributed by atoms with Crippen LogP contribution in [0.5, 0.6) is 0 Å². The van der Waals surface area contributed by atoms with Crippen molar-refractivity contribution in [3.63, 3.8) is 0 Å². The summed E-state index contributed by atoms with van der Waals surface area (Å²) in [6.45, 7) is 4.93. The average Bonchev–Trinajstić information content (AvgIpc) is 2.71. The molecule has 5 heteroatoms. The van der Waals surface area contributed by atoms with E-state index in [-0.39, 0.29) is 30.2 Å². The number of aliphatic hydroxyl groups is 1. The Kier molecular flexibility index (Phi) is 5.94. The lowest BCUT2D eigenvalue weighted by Crippen LogP contribution is -2.56. The van der Waals surface area contributed by atoms with Crippen LogP contribution in [0.4, 0.5) is 10.1 Å². The van der Waals surface area contributed by atoms with Gasteiger partial charge in [0.05, 0.1) is 12.1 Å². The summed E-state index contributed by atoms with van der Waals surface area (Å²) >= 11 is 0. The first kappa shape index (κ1) is 21.0. The molecule has 1 heterocycles. The second-order valence-corrected chi connectivity index (χ2v) is 9.04. The van der Waals surface area contributed by atoms with Crippen LogP contribution in [0.25, 0.3) is 0 Å². The summed E-state index contributed by atoms with van der Waals surface area (Å²) in [5.41, 5.74) is 3.31. The largest absolute Gasteiger partial charge is 0.389 e. The van der Waals surface area contributed by atoms with Crippen molar-refractivity contribution in [3.8, 4) is 0 Å². The van der Waals surface area contributed by atoms with Gasteiger partial charge in [0.1, 0.15) is 5.82 Å². The molecule has 2 aliphatic rings. The summed E-state index contributed by atoms with van der Waals surface area (Å²) in [6.07, 6.45) is 4.52. The first-order chi connectivity index (χ1) is 14.4. The zero-order chi connectivity index (χ0) is 21.3. The number of hydrogen-bond acceptors (Lipinski definition) is 3. The fourth-order valence-corrected chi connectivity index (χ4v) is 5.35. The molecule has 4 rings (SSSR count). The maximum absolute atomic E-state index is 13.6. The molecule has 2 aromatic carbocycles. The normalized spacial score (nSPS) is 26.8. The number of amides is 1. The Morgan fingerprint density at radius 3 is 2.67 bits per heavy atom. The number of benzene rings is 2. The number of carbonyl (C=O) groups is 1. The van der Waals surface area contributed by atoms with E-state index in [2.05, 4.69) is 16.3 Å². The summed E-state index contributed by atoms with van der Waals surface area (Å²) in [5, 5.41) is 14.4. The van der Waals surface area contributed by atoms with E-state index < -0.39 is 5.60 Å². The molecule has 1 saturated heterocycles. The highest BCUT2D eigenvalue weighted by Crippen LogP contribution is 2.49. The van der Waals surface area contributed by atoms with Crippen LogP contribution >= 0.6 is 0 Å². The third-order valence-corrected chi connectivity index (χ3v) is 6.89. The monoisotopic (exact) mass is 410 g/mol. The molecule has 30 heavy (non-hydrogen) atoms. The molecule has 1 aliphatic heterocycles. The highest BCUT2D eigenvalue weighted by atomic mass is 19.1. The molecule has 0 aromatic heterocycles. The van der Waals surface area contributed by atoms with Crippen LogP contribution in [0.2, 0.25) is 0 Å². The van der Waals surface area contributed by atoms with Gasteiger partial charge in [0.2, 0.25) is 5.91 Å². The van der Waals surface area contributed by atoms with Gasteiger partial charge in [-0.2, -0.15) is 0 Å². The van der Waals surface area contributed by atoms with E-state index in [4.69, 9.17) is 0 Å². The Labute approximate surface area is 178 Å². The molecule has 0 unspecified atom stereocenters. The van der Waals surface area contributed by atoms with Crippen LogP contribution in [0.3, 0.4) is 0 Å². The van der Waals surface area contributed by atoms with E-state index in [0.717, 1.165) is 48.1 Å². The molecule has 1 amide bonds. The highest BCUT2D eigenvalue weighted by molar-refractivity contribution is 5.93. The van der Waals surface area contributed by atoms with E-state index in [1.54, 1.807) is 12.1 Å². The predicted octanol–water partition coefficient (Wildman–Crippen LogP) is 4.75. The van der Waals surface area contributed by atoms with E-state index in [9.17, 15) is 14.3 Å². The number of aryl methyl sites for hydroxylation is 2. The number of nitrogens with zero attached hydrogens (tertiary/aromatic N) is 1. The van der Waals surface area contributed by atoms with Gasteiger partial charge in [-0.1, -0.05) is 42.7 Å². The minimum atomic E-state index is -0.697.